The lowest BCUT2D eigenvalue weighted by molar-refractivity contribution is -0.136. The van der Waals surface area contributed by atoms with E-state index in [1.54, 1.807) is 24.3 Å². The van der Waals surface area contributed by atoms with Crippen LogP contribution >= 0.6 is 11.6 Å². The van der Waals surface area contributed by atoms with Crippen molar-refractivity contribution in [1.29, 1.82) is 0 Å². The van der Waals surface area contributed by atoms with E-state index in [0.717, 1.165) is 5.56 Å². The number of ether oxygens (including phenoxy) is 1. The van der Waals surface area contributed by atoms with Crippen LogP contribution in [0.15, 0.2) is 24.3 Å². The van der Waals surface area contributed by atoms with E-state index in [9.17, 15) is 13.2 Å². The molecule has 0 spiro atoms. The number of hydrogen-bond donors (Lipinski definition) is 0. The van der Waals surface area contributed by atoms with Crippen LogP contribution in [0.4, 0.5) is 13.2 Å². The van der Waals surface area contributed by atoms with Crippen molar-refractivity contribution >= 4 is 11.6 Å². The molecule has 0 radical (unpaired) electrons. The highest BCUT2D eigenvalue weighted by Crippen LogP contribution is 2.23. The summed E-state index contributed by atoms with van der Waals surface area (Å²) in [6.07, 6.45) is -4.98. The second-order valence-corrected chi connectivity index (χ2v) is 3.58. The molecule has 1 aromatic rings. The largest absolute Gasteiger partial charge is 0.493 e. The molecule has 1 nitrogen and oxygen atoms in total. The first-order valence-corrected chi connectivity index (χ1v) is 5.40. The summed E-state index contributed by atoms with van der Waals surface area (Å²) in [7, 11) is 0. The third-order valence-electron chi connectivity index (χ3n) is 1.98. The van der Waals surface area contributed by atoms with E-state index in [0.29, 0.717) is 5.75 Å². The summed E-state index contributed by atoms with van der Waals surface area (Å²) in [6, 6.07) is 7.05. The van der Waals surface area contributed by atoms with Gasteiger partial charge in [0.1, 0.15) is 5.75 Å². The maximum Gasteiger partial charge on any atom is 0.389 e. The lowest BCUT2D eigenvalue weighted by atomic mass is 10.2. The van der Waals surface area contributed by atoms with Crippen molar-refractivity contribution in [2.75, 3.05) is 6.61 Å². The second kappa shape index (κ2) is 5.99. The van der Waals surface area contributed by atoms with E-state index in [2.05, 4.69) is 0 Å². The molecule has 0 amide bonds. The molecule has 0 bridgehead atoms. The van der Waals surface area contributed by atoms with Gasteiger partial charge in [-0.3, -0.25) is 0 Å². The van der Waals surface area contributed by atoms with Crippen LogP contribution in [0.25, 0.3) is 0 Å². The number of alkyl halides is 4. The third-order valence-corrected chi connectivity index (χ3v) is 2.27. The Morgan fingerprint density at radius 1 is 1.19 bits per heavy atom. The Labute approximate surface area is 97.2 Å². The fraction of sp³-hybridized carbons (Fsp3) is 0.455. The van der Waals surface area contributed by atoms with Crippen molar-refractivity contribution < 1.29 is 17.9 Å². The summed E-state index contributed by atoms with van der Waals surface area (Å²) in [5, 5.41) is 0. The van der Waals surface area contributed by atoms with Crippen molar-refractivity contribution in [2.45, 2.75) is 24.9 Å². The monoisotopic (exact) mass is 252 g/mol. The number of para-hydroxylation sites is 1. The van der Waals surface area contributed by atoms with E-state index in [4.69, 9.17) is 16.3 Å². The topological polar surface area (TPSA) is 9.23 Å². The van der Waals surface area contributed by atoms with E-state index < -0.39 is 12.6 Å². The maximum absolute atomic E-state index is 11.9. The summed E-state index contributed by atoms with van der Waals surface area (Å²) >= 11 is 5.66. The van der Waals surface area contributed by atoms with E-state index in [1.807, 2.05) is 0 Å². The predicted octanol–water partition coefficient (Wildman–Crippen LogP) is 4.15. The van der Waals surface area contributed by atoms with Gasteiger partial charge in [-0.2, -0.15) is 13.2 Å². The number of benzene rings is 1. The molecule has 90 valence electrons. The molecule has 0 N–H and O–H groups in total. The summed E-state index contributed by atoms with van der Waals surface area (Å²) < 4.78 is 40.8. The molecular formula is C11H12ClF3O. The highest BCUT2D eigenvalue weighted by Gasteiger charge is 2.26. The highest BCUT2D eigenvalue weighted by molar-refractivity contribution is 6.17. The first kappa shape index (κ1) is 13.2. The van der Waals surface area contributed by atoms with Crippen LogP contribution in [0, 0.1) is 0 Å². The average molecular weight is 253 g/mol. The van der Waals surface area contributed by atoms with Crippen molar-refractivity contribution in [2.24, 2.45) is 0 Å². The molecule has 0 fully saturated rings. The number of halogens is 4. The van der Waals surface area contributed by atoms with Gasteiger partial charge in [-0.15, -0.1) is 11.6 Å². The van der Waals surface area contributed by atoms with Gasteiger partial charge in [0.2, 0.25) is 0 Å². The van der Waals surface area contributed by atoms with Gasteiger partial charge in [-0.25, -0.2) is 0 Å². The smallest absolute Gasteiger partial charge is 0.389 e. The summed E-state index contributed by atoms with van der Waals surface area (Å²) in [6.45, 7) is 0.0490. The van der Waals surface area contributed by atoms with Crippen LogP contribution in [-0.2, 0) is 5.88 Å². The van der Waals surface area contributed by atoms with E-state index >= 15 is 0 Å². The third kappa shape index (κ3) is 4.75. The predicted molar refractivity (Wildman–Crippen MR) is 56.8 cm³/mol. The SMILES string of the molecule is FC(F)(F)CCCOc1ccccc1CCl. The molecule has 0 unspecified atom stereocenters. The molecule has 16 heavy (non-hydrogen) atoms. The van der Waals surface area contributed by atoms with Crippen molar-refractivity contribution in [1.82, 2.24) is 0 Å². The minimum Gasteiger partial charge on any atom is -0.493 e. The molecule has 5 heteroatoms. The Bertz CT molecular complexity index is 325. The molecular weight excluding hydrogens is 241 g/mol. The van der Waals surface area contributed by atoms with E-state index in [-0.39, 0.29) is 18.9 Å². The van der Waals surface area contributed by atoms with Gasteiger partial charge >= 0.3 is 6.18 Å². The summed E-state index contributed by atoms with van der Waals surface area (Å²) in [5.41, 5.74) is 0.788. The minimum absolute atomic E-state index is 0.0415. The maximum atomic E-state index is 11.9. The lowest BCUT2D eigenvalue weighted by Crippen LogP contribution is -2.10. The fourth-order valence-corrected chi connectivity index (χ4v) is 1.43. The van der Waals surface area contributed by atoms with Gasteiger partial charge < -0.3 is 4.74 Å². The number of rotatable bonds is 5. The molecule has 0 heterocycles. The number of hydrogen-bond acceptors (Lipinski definition) is 1. The summed E-state index contributed by atoms with van der Waals surface area (Å²) in [5.74, 6) is 0.842. The minimum atomic E-state index is -4.12. The van der Waals surface area contributed by atoms with Gasteiger partial charge in [0.15, 0.2) is 0 Å². The average Bonchev–Trinajstić information content (AvgIpc) is 2.23. The van der Waals surface area contributed by atoms with Gasteiger partial charge in [0.05, 0.1) is 12.5 Å². The molecule has 0 aliphatic rings. The van der Waals surface area contributed by atoms with Crippen molar-refractivity contribution in [3.8, 4) is 5.75 Å². The highest BCUT2D eigenvalue weighted by atomic mass is 35.5. The van der Waals surface area contributed by atoms with Crippen LogP contribution in [0.1, 0.15) is 18.4 Å². The second-order valence-electron chi connectivity index (χ2n) is 3.31. The lowest BCUT2D eigenvalue weighted by Gasteiger charge is -2.10. The fourth-order valence-electron chi connectivity index (χ4n) is 1.21. The van der Waals surface area contributed by atoms with Gasteiger partial charge in [-0.05, 0) is 12.5 Å². The molecule has 0 aliphatic heterocycles. The first-order valence-electron chi connectivity index (χ1n) is 4.86. The molecule has 0 aromatic heterocycles. The molecule has 0 aliphatic carbocycles. The molecule has 0 saturated heterocycles. The van der Waals surface area contributed by atoms with E-state index in [1.165, 1.54) is 0 Å². The Kier molecular flexibility index (Phi) is 4.93. The molecule has 1 rings (SSSR count). The zero-order valence-electron chi connectivity index (χ0n) is 8.56. The van der Waals surface area contributed by atoms with Crippen LogP contribution in [0.3, 0.4) is 0 Å². The van der Waals surface area contributed by atoms with Crippen molar-refractivity contribution in [3.63, 3.8) is 0 Å². The Morgan fingerprint density at radius 2 is 1.88 bits per heavy atom. The normalized spacial score (nSPS) is 11.5. The Balaban J connectivity index is 2.37. The van der Waals surface area contributed by atoms with Crippen LogP contribution < -0.4 is 4.74 Å². The van der Waals surface area contributed by atoms with Crippen LogP contribution in [0.5, 0.6) is 5.75 Å². The first-order chi connectivity index (χ1) is 7.53. The van der Waals surface area contributed by atoms with Gasteiger partial charge in [-0.1, -0.05) is 18.2 Å². The van der Waals surface area contributed by atoms with Crippen LogP contribution in [-0.4, -0.2) is 12.8 Å². The zero-order valence-corrected chi connectivity index (χ0v) is 9.31. The Morgan fingerprint density at radius 3 is 2.50 bits per heavy atom. The van der Waals surface area contributed by atoms with Crippen LogP contribution in [0.2, 0.25) is 0 Å². The zero-order chi connectivity index (χ0) is 12.0. The Hall–Kier alpha value is -0.900. The molecule has 0 atom stereocenters. The van der Waals surface area contributed by atoms with Crippen molar-refractivity contribution in [3.05, 3.63) is 29.8 Å². The van der Waals surface area contributed by atoms with Gasteiger partial charge in [0, 0.05) is 12.0 Å². The molecule has 0 saturated carbocycles. The molecule has 1 aromatic carbocycles. The standard InChI is InChI=1S/C11H12ClF3O/c12-8-9-4-1-2-5-10(9)16-7-3-6-11(13,14)15/h1-2,4-5H,3,6-8H2. The summed E-state index contributed by atoms with van der Waals surface area (Å²) in [4.78, 5) is 0. The quantitative estimate of drug-likeness (QED) is 0.565. The van der Waals surface area contributed by atoms with Gasteiger partial charge in [0.25, 0.3) is 0 Å².